The molecule has 0 radical (unpaired) electrons. The summed E-state index contributed by atoms with van der Waals surface area (Å²) >= 11 is 0. The van der Waals surface area contributed by atoms with E-state index >= 15 is 0 Å². The van der Waals surface area contributed by atoms with E-state index in [4.69, 9.17) is 5.73 Å². The Morgan fingerprint density at radius 2 is 1.76 bits per heavy atom. The summed E-state index contributed by atoms with van der Waals surface area (Å²) in [4.78, 5) is 36.4. The van der Waals surface area contributed by atoms with Crippen molar-refractivity contribution in [3.05, 3.63) is 59.7 Å². The number of benzene rings is 2. The van der Waals surface area contributed by atoms with Gasteiger partial charge in [-0.3, -0.25) is 14.9 Å². The normalized spacial score (nSPS) is 12.4. The highest BCUT2D eigenvalue weighted by Crippen LogP contribution is 2.28. The minimum atomic E-state index is -0.890. The van der Waals surface area contributed by atoms with Crippen LogP contribution in [0.1, 0.15) is 15.9 Å². The highest BCUT2D eigenvalue weighted by atomic mass is 16.2. The SMILES string of the molecule is NC(=O)NC(=O)CNc1ccc(C(=O)N2CCc3ccccc32)cc1. The van der Waals surface area contributed by atoms with E-state index < -0.39 is 11.9 Å². The Hall–Kier alpha value is -3.35. The highest BCUT2D eigenvalue weighted by Gasteiger charge is 2.24. The maximum absolute atomic E-state index is 12.7. The van der Waals surface area contributed by atoms with Crippen molar-refractivity contribution in [3.8, 4) is 0 Å². The van der Waals surface area contributed by atoms with Crippen molar-refractivity contribution in [2.24, 2.45) is 5.73 Å². The molecule has 0 aromatic heterocycles. The van der Waals surface area contributed by atoms with E-state index in [1.807, 2.05) is 29.6 Å². The molecule has 1 aliphatic rings. The number of imide groups is 1. The molecule has 0 saturated carbocycles. The second-order valence-corrected chi connectivity index (χ2v) is 5.68. The third-order valence-electron chi connectivity index (χ3n) is 3.98. The monoisotopic (exact) mass is 338 g/mol. The van der Waals surface area contributed by atoms with Crippen LogP contribution in [0.25, 0.3) is 0 Å². The number of rotatable bonds is 4. The lowest BCUT2D eigenvalue weighted by Crippen LogP contribution is -2.38. The number of carbonyl (C=O) groups excluding carboxylic acids is 3. The summed E-state index contributed by atoms with van der Waals surface area (Å²) in [5, 5.41) is 4.82. The maximum atomic E-state index is 12.7. The van der Waals surface area contributed by atoms with Gasteiger partial charge < -0.3 is 16.0 Å². The Balaban J connectivity index is 1.64. The van der Waals surface area contributed by atoms with Gasteiger partial charge in [-0.2, -0.15) is 0 Å². The average Bonchev–Trinajstić information content (AvgIpc) is 3.03. The summed E-state index contributed by atoms with van der Waals surface area (Å²) in [6.45, 7) is 0.585. The van der Waals surface area contributed by atoms with Gasteiger partial charge >= 0.3 is 6.03 Å². The van der Waals surface area contributed by atoms with Crippen LogP contribution in [0.15, 0.2) is 48.5 Å². The third kappa shape index (κ3) is 3.77. The summed E-state index contributed by atoms with van der Waals surface area (Å²) < 4.78 is 0. The summed E-state index contributed by atoms with van der Waals surface area (Å²) in [6, 6.07) is 13.8. The van der Waals surface area contributed by atoms with Gasteiger partial charge in [0, 0.05) is 23.5 Å². The summed E-state index contributed by atoms with van der Waals surface area (Å²) in [5.41, 5.74) is 8.24. The van der Waals surface area contributed by atoms with Gasteiger partial charge in [-0.15, -0.1) is 0 Å². The van der Waals surface area contributed by atoms with Crippen LogP contribution in [0.4, 0.5) is 16.2 Å². The molecule has 3 rings (SSSR count). The smallest absolute Gasteiger partial charge is 0.318 e. The van der Waals surface area contributed by atoms with Crippen LogP contribution >= 0.6 is 0 Å². The number of fused-ring (bicyclic) bond motifs is 1. The van der Waals surface area contributed by atoms with Gasteiger partial charge in [-0.05, 0) is 42.3 Å². The minimum Gasteiger partial charge on any atom is -0.376 e. The first-order valence-corrected chi connectivity index (χ1v) is 7.87. The minimum absolute atomic E-state index is 0.0528. The van der Waals surface area contributed by atoms with Gasteiger partial charge in [0.2, 0.25) is 5.91 Å². The molecule has 0 aliphatic carbocycles. The molecule has 0 bridgehead atoms. The first-order valence-electron chi connectivity index (χ1n) is 7.87. The number of primary amides is 1. The van der Waals surface area contributed by atoms with E-state index in [1.54, 1.807) is 29.2 Å². The van der Waals surface area contributed by atoms with E-state index in [0.29, 0.717) is 17.8 Å². The molecule has 1 aliphatic heterocycles. The van der Waals surface area contributed by atoms with E-state index in [-0.39, 0.29) is 12.5 Å². The fourth-order valence-corrected chi connectivity index (χ4v) is 2.80. The van der Waals surface area contributed by atoms with Gasteiger partial charge in [0.1, 0.15) is 0 Å². The zero-order chi connectivity index (χ0) is 17.8. The average molecular weight is 338 g/mol. The van der Waals surface area contributed by atoms with E-state index in [0.717, 1.165) is 12.1 Å². The predicted molar refractivity (Wildman–Crippen MR) is 94.5 cm³/mol. The van der Waals surface area contributed by atoms with Crippen LogP contribution < -0.4 is 21.3 Å². The van der Waals surface area contributed by atoms with Crippen molar-refractivity contribution in [2.75, 3.05) is 23.3 Å². The fourth-order valence-electron chi connectivity index (χ4n) is 2.80. The Morgan fingerprint density at radius 3 is 2.48 bits per heavy atom. The standard InChI is InChI=1S/C18H18N4O3/c19-18(25)21-16(23)11-20-14-7-5-13(6-8-14)17(24)22-10-9-12-3-1-2-4-15(12)22/h1-8,20H,9-11H2,(H3,19,21,23,25). The number of nitrogens with two attached hydrogens (primary N) is 1. The molecule has 0 unspecified atom stereocenters. The molecule has 0 fully saturated rings. The number of nitrogens with zero attached hydrogens (tertiary/aromatic N) is 1. The second kappa shape index (κ2) is 7.04. The van der Waals surface area contributed by atoms with Crippen LogP contribution in [0, 0.1) is 0 Å². The van der Waals surface area contributed by atoms with E-state index in [1.165, 1.54) is 5.56 Å². The van der Waals surface area contributed by atoms with E-state index in [2.05, 4.69) is 5.32 Å². The zero-order valence-electron chi connectivity index (χ0n) is 13.5. The third-order valence-corrected chi connectivity index (χ3v) is 3.98. The number of nitrogens with one attached hydrogen (secondary N) is 2. The van der Waals surface area contributed by atoms with Crippen molar-refractivity contribution in [1.29, 1.82) is 0 Å². The topological polar surface area (TPSA) is 105 Å². The fraction of sp³-hybridized carbons (Fsp3) is 0.167. The van der Waals surface area contributed by atoms with Crippen molar-refractivity contribution in [1.82, 2.24) is 5.32 Å². The Labute approximate surface area is 144 Å². The number of hydrogen-bond acceptors (Lipinski definition) is 4. The Morgan fingerprint density at radius 1 is 1.04 bits per heavy atom. The van der Waals surface area contributed by atoms with Crippen LogP contribution in [0.5, 0.6) is 0 Å². The molecule has 128 valence electrons. The van der Waals surface area contributed by atoms with Crippen molar-refractivity contribution in [2.45, 2.75) is 6.42 Å². The molecular formula is C18H18N4O3. The molecule has 2 aromatic rings. The molecule has 1 heterocycles. The number of amides is 4. The van der Waals surface area contributed by atoms with Crippen molar-refractivity contribution >= 4 is 29.2 Å². The lowest BCUT2D eigenvalue weighted by atomic mass is 10.1. The molecule has 7 heteroatoms. The van der Waals surface area contributed by atoms with Gasteiger partial charge in [-0.25, -0.2) is 4.79 Å². The summed E-state index contributed by atoms with van der Waals surface area (Å²) in [5.74, 6) is -0.579. The van der Waals surface area contributed by atoms with Crippen molar-refractivity contribution in [3.63, 3.8) is 0 Å². The van der Waals surface area contributed by atoms with Gasteiger partial charge in [0.25, 0.3) is 5.91 Å². The molecule has 0 saturated heterocycles. The number of carbonyl (C=O) groups is 3. The largest absolute Gasteiger partial charge is 0.376 e. The van der Waals surface area contributed by atoms with Gasteiger partial charge in [-0.1, -0.05) is 18.2 Å². The summed E-state index contributed by atoms with van der Waals surface area (Å²) in [7, 11) is 0. The zero-order valence-corrected chi connectivity index (χ0v) is 13.5. The molecule has 0 atom stereocenters. The van der Waals surface area contributed by atoms with E-state index in [9.17, 15) is 14.4 Å². The van der Waals surface area contributed by atoms with Crippen LogP contribution in [-0.2, 0) is 11.2 Å². The first kappa shape index (κ1) is 16.5. The van der Waals surface area contributed by atoms with Gasteiger partial charge in [0.15, 0.2) is 0 Å². The molecule has 4 N–H and O–H groups in total. The Bertz CT molecular complexity index is 817. The lowest BCUT2D eigenvalue weighted by molar-refractivity contribution is -0.118. The quantitative estimate of drug-likeness (QED) is 0.785. The predicted octanol–water partition coefficient (Wildman–Crippen LogP) is 1.50. The summed E-state index contributed by atoms with van der Waals surface area (Å²) in [6.07, 6.45) is 0.858. The maximum Gasteiger partial charge on any atom is 0.318 e. The molecule has 0 spiro atoms. The molecule has 2 aromatic carbocycles. The molecule has 7 nitrogen and oxygen atoms in total. The van der Waals surface area contributed by atoms with Crippen molar-refractivity contribution < 1.29 is 14.4 Å². The first-order chi connectivity index (χ1) is 12.0. The lowest BCUT2D eigenvalue weighted by Gasteiger charge is -2.17. The Kier molecular flexibility index (Phi) is 4.65. The molecule has 4 amide bonds. The van der Waals surface area contributed by atoms with Gasteiger partial charge in [0.05, 0.1) is 6.54 Å². The highest BCUT2D eigenvalue weighted by molar-refractivity contribution is 6.07. The van der Waals surface area contributed by atoms with Crippen LogP contribution in [0.2, 0.25) is 0 Å². The second-order valence-electron chi connectivity index (χ2n) is 5.68. The molecular weight excluding hydrogens is 320 g/mol. The molecule has 25 heavy (non-hydrogen) atoms. The number of anilines is 2. The number of urea groups is 1. The number of hydrogen-bond donors (Lipinski definition) is 3. The van der Waals surface area contributed by atoms with Crippen LogP contribution in [0.3, 0.4) is 0 Å². The number of para-hydroxylation sites is 1. The van der Waals surface area contributed by atoms with Crippen LogP contribution in [-0.4, -0.2) is 30.9 Å².